The zero-order valence-electron chi connectivity index (χ0n) is 7.28. The molecule has 2 N–H and O–H groups in total. The molecule has 4 heteroatoms. The van der Waals surface area contributed by atoms with Crippen LogP contribution < -0.4 is 0 Å². The summed E-state index contributed by atoms with van der Waals surface area (Å²) in [6.07, 6.45) is 2.30. The van der Waals surface area contributed by atoms with Gasteiger partial charge in [0, 0.05) is 6.08 Å². The number of aliphatic hydroxyl groups is 2. The van der Waals surface area contributed by atoms with Crippen molar-refractivity contribution < 1.29 is 19.7 Å². The van der Waals surface area contributed by atoms with Crippen molar-refractivity contribution in [3.8, 4) is 0 Å². The van der Waals surface area contributed by atoms with Gasteiger partial charge >= 0.3 is 0 Å². The van der Waals surface area contributed by atoms with E-state index < -0.39 is 11.4 Å². The molecule has 0 heterocycles. The molecule has 0 aromatic rings. The third-order valence-corrected chi connectivity index (χ3v) is 1.13. The Bertz CT molecular complexity index is 166. The molecular weight excluding hydrogens is 160 g/mol. The Kier molecular flexibility index (Phi) is 4.54. The lowest BCUT2D eigenvalue weighted by Crippen LogP contribution is -2.29. The lowest BCUT2D eigenvalue weighted by atomic mass is 10.0. The summed E-state index contributed by atoms with van der Waals surface area (Å²) in [5.74, 6) is -0.430. The molecule has 0 fully saturated rings. The van der Waals surface area contributed by atoms with Crippen LogP contribution in [0, 0.1) is 0 Å². The summed E-state index contributed by atoms with van der Waals surface area (Å²) >= 11 is 0. The number of aliphatic hydroxyl groups excluding tert-OH is 1. The molecule has 0 amide bonds. The number of rotatable bonds is 5. The van der Waals surface area contributed by atoms with Gasteiger partial charge in [-0.05, 0) is 13.8 Å². The van der Waals surface area contributed by atoms with Gasteiger partial charge in [0.25, 0.3) is 0 Å². The van der Waals surface area contributed by atoms with E-state index >= 15 is 0 Å². The Morgan fingerprint density at radius 2 is 2.17 bits per heavy atom. The number of ether oxygens (including phenoxy) is 1. The molecule has 12 heavy (non-hydrogen) atoms. The molecule has 0 spiro atoms. The maximum Gasteiger partial charge on any atom is 0.189 e. The van der Waals surface area contributed by atoms with Crippen molar-refractivity contribution in [2.75, 3.05) is 13.2 Å². The minimum Gasteiger partial charge on any atom is -0.499 e. The highest BCUT2D eigenvalue weighted by Gasteiger charge is 2.20. The fourth-order valence-corrected chi connectivity index (χ4v) is 0.435. The van der Waals surface area contributed by atoms with E-state index in [1.54, 1.807) is 0 Å². The van der Waals surface area contributed by atoms with Gasteiger partial charge in [-0.15, -0.1) is 0 Å². The van der Waals surface area contributed by atoms with Gasteiger partial charge < -0.3 is 14.9 Å². The van der Waals surface area contributed by atoms with Gasteiger partial charge in [-0.1, -0.05) is 0 Å². The first-order valence-corrected chi connectivity index (χ1v) is 3.64. The summed E-state index contributed by atoms with van der Waals surface area (Å²) in [6.45, 7) is 2.84. The smallest absolute Gasteiger partial charge is 0.189 e. The van der Waals surface area contributed by atoms with E-state index in [-0.39, 0.29) is 13.2 Å². The number of ketones is 1. The topological polar surface area (TPSA) is 66.8 Å². The highest BCUT2D eigenvalue weighted by Crippen LogP contribution is 2.03. The largest absolute Gasteiger partial charge is 0.499 e. The Morgan fingerprint density at radius 1 is 1.58 bits per heavy atom. The second-order valence-electron chi connectivity index (χ2n) is 2.82. The van der Waals surface area contributed by atoms with Crippen molar-refractivity contribution in [3.63, 3.8) is 0 Å². The molecule has 0 saturated carbocycles. The normalized spacial score (nSPS) is 12.0. The first-order valence-electron chi connectivity index (χ1n) is 3.64. The average Bonchev–Trinajstić information content (AvgIpc) is 1.96. The van der Waals surface area contributed by atoms with Gasteiger partial charge in [0.15, 0.2) is 5.78 Å². The molecule has 0 unspecified atom stereocenters. The van der Waals surface area contributed by atoms with E-state index in [2.05, 4.69) is 4.74 Å². The molecule has 0 atom stereocenters. The molecule has 0 bridgehead atoms. The van der Waals surface area contributed by atoms with Gasteiger partial charge in [-0.25, -0.2) is 0 Å². The molecule has 0 aromatic carbocycles. The van der Waals surface area contributed by atoms with Crippen molar-refractivity contribution in [3.05, 3.63) is 12.3 Å². The molecule has 0 saturated heterocycles. The molecule has 0 rings (SSSR count). The van der Waals surface area contributed by atoms with Gasteiger partial charge in [-0.2, -0.15) is 0 Å². The monoisotopic (exact) mass is 174 g/mol. The molecule has 0 aliphatic heterocycles. The summed E-state index contributed by atoms with van der Waals surface area (Å²) in [4.78, 5) is 10.9. The summed E-state index contributed by atoms with van der Waals surface area (Å²) in [6, 6.07) is 0. The van der Waals surface area contributed by atoms with Gasteiger partial charge in [0.2, 0.25) is 0 Å². The van der Waals surface area contributed by atoms with Crippen LogP contribution in [0.15, 0.2) is 12.3 Å². The lowest BCUT2D eigenvalue weighted by Gasteiger charge is -2.11. The summed E-state index contributed by atoms with van der Waals surface area (Å²) in [5.41, 5.74) is -1.36. The van der Waals surface area contributed by atoms with Crippen molar-refractivity contribution >= 4 is 5.78 Å². The minimum atomic E-state index is -1.36. The minimum absolute atomic E-state index is 0.0962. The summed E-state index contributed by atoms with van der Waals surface area (Å²) in [7, 11) is 0. The standard InChI is InChI=1S/C8H14O4/c1-8(2,11)7(10)3-5-12-6-4-9/h3,5,9,11H,4,6H2,1-2H3. The number of carbonyl (C=O) groups is 1. The fraction of sp³-hybridized carbons (Fsp3) is 0.625. The van der Waals surface area contributed by atoms with Crippen molar-refractivity contribution in [2.45, 2.75) is 19.4 Å². The first kappa shape index (κ1) is 11.1. The van der Waals surface area contributed by atoms with Gasteiger partial charge in [0.1, 0.15) is 12.2 Å². The average molecular weight is 174 g/mol. The Hall–Kier alpha value is -0.870. The molecule has 0 radical (unpaired) electrons. The number of hydrogen-bond donors (Lipinski definition) is 2. The van der Waals surface area contributed by atoms with E-state index in [0.29, 0.717) is 0 Å². The maximum atomic E-state index is 10.9. The fourth-order valence-electron chi connectivity index (χ4n) is 0.435. The number of carbonyl (C=O) groups excluding carboxylic acids is 1. The van der Waals surface area contributed by atoms with Crippen LogP contribution in [0.2, 0.25) is 0 Å². The van der Waals surface area contributed by atoms with Gasteiger partial charge in [0.05, 0.1) is 12.9 Å². The van der Waals surface area contributed by atoms with Crippen LogP contribution in [0.3, 0.4) is 0 Å². The highest BCUT2D eigenvalue weighted by atomic mass is 16.5. The van der Waals surface area contributed by atoms with Gasteiger partial charge in [-0.3, -0.25) is 4.79 Å². The first-order chi connectivity index (χ1) is 5.48. The Balaban J connectivity index is 3.77. The predicted molar refractivity (Wildman–Crippen MR) is 43.5 cm³/mol. The van der Waals surface area contributed by atoms with E-state index in [1.165, 1.54) is 13.8 Å². The Morgan fingerprint density at radius 3 is 2.58 bits per heavy atom. The van der Waals surface area contributed by atoms with E-state index in [9.17, 15) is 4.79 Å². The third kappa shape index (κ3) is 4.87. The van der Waals surface area contributed by atoms with Crippen LogP contribution in [0.4, 0.5) is 0 Å². The molecule has 0 aliphatic rings. The van der Waals surface area contributed by atoms with Crippen LogP contribution >= 0.6 is 0 Å². The molecular formula is C8H14O4. The Labute approximate surface area is 71.5 Å². The lowest BCUT2D eigenvalue weighted by molar-refractivity contribution is -0.129. The van der Waals surface area contributed by atoms with Crippen LogP contribution in [-0.4, -0.2) is 34.8 Å². The second kappa shape index (κ2) is 4.90. The number of hydrogen-bond acceptors (Lipinski definition) is 4. The van der Waals surface area contributed by atoms with Crippen molar-refractivity contribution in [2.24, 2.45) is 0 Å². The molecule has 4 nitrogen and oxygen atoms in total. The van der Waals surface area contributed by atoms with Crippen LogP contribution in [0.1, 0.15) is 13.8 Å². The zero-order valence-corrected chi connectivity index (χ0v) is 7.28. The predicted octanol–water partition coefficient (Wildman–Crippen LogP) is -0.151. The molecule has 0 aliphatic carbocycles. The maximum absolute atomic E-state index is 10.9. The second-order valence-corrected chi connectivity index (χ2v) is 2.82. The summed E-state index contributed by atoms with van der Waals surface area (Å²) in [5, 5.41) is 17.4. The summed E-state index contributed by atoms with van der Waals surface area (Å²) < 4.78 is 4.69. The SMILES string of the molecule is CC(C)(O)C(=O)C=COCCO. The van der Waals surface area contributed by atoms with Crippen LogP contribution in [-0.2, 0) is 9.53 Å². The van der Waals surface area contributed by atoms with E-state index in [0.717, 1.165) is 12.3 Å². The molecule has 0 aromatic heterocycles. The van der Waals surface area contributed by atoms with E-state index in [4.69, 9.17) is 10.2 Å². The van der Waals surface area contributed by atoms with E-state index in [1.807, 2.05) is 0 Å². The van der Waals surface area contributed by atoms with Crippen LogP contribution in [0.25, 0.3) is 0 Å². The third-order valence-electron chi connectivity index (χ3n) is 1.13. The zero-order chi connectivity index (χ0) is 9.61. The van der Waals surface area contributed by atoms with Crippen molar-refractivity contribution in [1.29, 1.82) is 0 Å². The quantitative estimate of drug-likeness (QED) is 0.345. The highest BCUT2D eigenvalue weighted by molar-refractivity contribution is 5.95. The van der Waals surface area contributed by atoms with Crippen LogP contribution in [0.5, 0.6) is 0 Å². The molecule has 70 valence electrons. The van der Waals surface area contributed by atoms with Crippen molar-refractivity contribution in [1.82, 2.24) is 0 Å².